The molecule has 0 radical (unpaired) electrons. The van der Waals surface area contributed by atoms with E-state index in [1.165, 1.54) is 26.9 Å². The first kappa shape index (κ1) is 21.2. The molecule has 1 aromatic heterocycles. The molecular formula is C22H26N4O4. The number of methoxy groups -OCH3 is 3. The number of benzene rings is 2. The van der Waals surface area contributed by atoms with E-state index in [9.17, 15) is 4.79 Å². The average molecular weight is 410 g/mol. The van der Waals surface area contributed by atoms with Crippen LogP contribution in [0.4, 0.5) is 5.95 Å². The molecule has 2 N–H and O–H groups in total. The molecule has 0 aliphatic carbocycles. The zero-order valence-electron chi connectivity index (χ0n) is 18.0. The van der Waals surface area contributed by atoms with Gasteiger partial charge in [-0.15, -0.1) is 5.10 Å². The van der Waals surface area contributed by atoms with E-state index in [-0.39, 0.29) is 11.4 Å². The molecule has 3 aromatic rings. The number of nitrogens with one attached hydrogen (secondary N) is 2. The summed E-state index contributed by atoms with van der Waals surface area (Å²) in [6, 6.07) is 11.2. The Hall–Kier alpha value is -3.55. The van der Waals surface area contributed by atoms with Crippen molar-refractivity contribution in [2.24, 2.45) is 0 Å². The number of hydrogen-bond donors (Lipinski definition) is 2. The second kappa shape index (κ2) is 8.44. The predicted octanol–water partition coefficient (Wildman–Crippen LogP) is 4.05. The molecule has 8 nitrogen and oxygen atoms in total. The maximum absolute atomic E-state index is 12.7. The van der Waals surface area contributed by atoms with Gasteiger partial charge in [-0.25, -0.2) is 0 Å². The van der Waals surface area contributed by atoms with Gasteiger partial charge in [0.1, 0.15) is 0 Å². The maximum atomic E-state index is 12.7. The number of rotatable bonds is 6. The second-order valence-electron chi connectivity index (χ2n) is 7.70. The summed E-state index contributed by atoms with van der Waals surface area (Å²) in [6.07, 6.45) is 0. The summed E-state index contributed by atoms with van der Waals surface area (Å²) in [5.74, 6) is 1.52. The number of aromatic nitrogens is 3. The van der Waals surface area contributed by atoms with Crippen LogP contribution in [0.3, 0.4) is 0 Å². The third-order valence-electron chi connectivity index (χ3n) is 4.66. The van der Waals surface area contributed by atoms with Crippen molar-refractivity contribution in [1.29, 1.82) is 0 Å². The molecule has 0 atom stereocenters. The number of nitrogens with zero attached hydrogens (tertiary/aromatic N) is 2. The monoisotopic (exact) mass is 410 g/mol. The molecule has 8 heteroatoms. The highest BCUT2D eigenvalue weighted by Crippen LogP contribution is 2.38. The zero-order valence-corrected chi connectivity index (χ0v) is 18.0. The van der Waals surface area contributed by atoms with Crippen LogP contribution in [0, 0.1) is 0 Å². The van der Waals surface area contributed by atoms with Crippen LogP contribution in [0.1, 0.15) is 36.7 Å². The number of hydrogen-bond acceptors (Lipinski definition) is 6. The summed E-state index contributed by atoms with van der Waals surface area (Å²) in [4.78, 5) is 17.1. The van der Waals surface area contributed by atoms with E-state index in [4.69, 9.17) is 14.2 Å². The minimum atomic E-state index is -0.400. The molecule has 1 amide bonds. The molecule has 0 spiro atoms. The van der Waals surface area contributed by atoms with Crippen LogP contribution < -0.4 is 19.5 Å². The first-order valence-electron chi connectivity index (χ1n) is 9.41. The molecule has 1 heterocycles. The third kappa shape index (κ3) is 4.37. The molecule has 0 fully saturated rings. The molecule has 2 aromatic carbocycles. The van der Waals surface area contributed by atoms with Gasteiger partial charge in [0, 0.05) is 11.1 Å². The lowest BCUT2D eigenvalue weighted by molar-refractivity contribution is 0.102. The van der Waals surface area contributed by atoms with Crippen molar-refractivity contribution in [3.63, 3.8) is 0 Å². The van der Waals surface area contributed by atoms with Crippen LogP contribution in [0.15, 0.2) is 36.4 Å². The van der Waals surface area contributed by atoms with Crippen molar-refractivity contribution in [3.8, 4) is 28.6 Å². The summed E-state index contributed by atoms with van der Waals surface area (Å²) in [5.41, 5.74) is 2.50. The van der Waals surface area contributed by atoms with Gasteiger partial charge in [0.25, 0.3) is 5.91 Å². The summed E-state index contributed by atoms with van der Waals surface area (Å²) in [7, 11) is 4.49. The van der Waals surface area contributed by atoms with Crippen LogP contribution >= 0.6 is 0 Å². The first-order valence-corrected chi connectivity index (χ1v) is 9.41. The average Bonchev–Trinajstić information content (AvgIpc) is 3.20. The number of aromatic amines is 1. The van der Waals surface area contributed by atoms with E-state index >= 15 is 0 Å². The molecule has 0 aliphatic rings. The van der Waals surface area contributed by atoms with Crippen molar-refractivity contribution in [2.45, 2.75) is 26.2 Å². The quantitative estimate of drug-likeness (QED) is 0.636. The van der Waals surface area contributed by atoms with Gasteiger partial charge in [-0.2, -0.15) is 4.98 Å². The Kier molecular flexibility index (Phi) is 5.96. The van der Waals surface area contributed by atoms with Crippen molar-refractivity contribution in [2.75, 3.05) is 26.6 Å². The molecular weight excluding hydrogens is 384 g/mol. The first-order chi connectivity index (χ1) is 14.3. The Labute approximate surface area is 175 Å². The van der Waals surface area contributed by atoms with Gasteiger partial charge in [-0.3, -0.25) is 15.2 Å². The second-order valence-corrected chi connectivity index (χ2v) is 7.70. The van der Waals surface area contributed by atoms with Crippen LogP contribution in [0.25, 0.3) is 11.4 Å². The highest BCUT2D eigenvalue weighted by atomic mass is 16.5. The number of carbonyl (C=O) groups is 1. The lowest BCUT2D eigenvalue weighted by atomic mass is 9.87. The third-order valence-corrected chi connectivity index (χ3v) is 4.66. The fourth-order valence-electron chi connectivity index (χ4n) is 2.96. The van der Waals surface area contributed by atoms with E-state index in [1.54, 1.807) is 12.1 Å². The van der Waals surface area contributed by atoms with Crippen molar-refractivity contribution >= 4 is 11.9 Å². The Morgan fingerprint density at radius 2 is 1.57 bits per heavy atom. The normalized spacial score (nSPS) is 11.1. The van der Waals surface area contributed by atoms with Crippen LogP contribution in [0.5, 0.6) is 17.2 Å². The molecule has 158 valence electrons. The summed E-state index contributed by atoms with van der Waals surface area (Å²) >= 11 is 0. The highest BCUT2D eigenvalue weighted by Gasteiger charge is 2.19. The Morgan fingerprint density at radius 3 is 2.07 bits per heavy atom. The maximum Gasteiger partial charge on any atom is 0.258 e. The molecule has 30 heavy (non-hydrogen) atoms. The van der Waals surface area contributed by atoms with Crippen molar-refractivity contribution < 1.29 is 19.0 Å². The molecule has 0 aliphatic heterocycles. The van der Waals surface area contributed by atoms with E-state index < -0.39 is 5.91 Å². The largest absolute Gasteiger partial charge is 0.493 e. The van der Waals surface area contributed by atoms with Gasteiger partial charge in [0.15, 0.2) is 17.3 Å². The summed E-state index contributed by atoms with van der Waals surface area (Å²) in [5, 5.41) is 9.63. The molecule has 3 rings (SSSR count). The van der Waals surface area contributed by atoms with Crippen LogP contribution in [-0.2, 0) is 5.41 Å². The fourth-order valence-corrected chi connectivity index (χ4v) is 2.96. The Balaban J connectivity index is 1.80. The number of H-pyrrole nitrogens is 1. The summed E-state index contributed by atoms with van der Waals surface area (Å²) in [6.45, 7) is 6.48. The molecule has 0 saturated carbocycles. The van der Waals surface area contributed by atoms with Crippen LogP contribution in [-0.4, -0.2) is 42.4 Å². The topological polar surface area (TPSA) is 98.4 Å². The number of ether oxygens (including phenoxy) is 3. The van der Waals surface area contributed by atoms with E-state index in [2.05, 4.69) is 53.4 Å². The van der Waals surface area contributed by atoms with Gasteiger partial charge >= 0.3 is 0 Å². The van der Waals surface area contributed by atoms with E-state index in [0.717, 1.165) is 5.56 Å². The number of anilines is 1. The highest BCUT2D eigenvalue weighted by molar-refractivity contribution is 6.04. The van der Waals surface area contributed by atoms with E-state index in [0.29, 0.717) is 28.6 Å². The zero-order chi connectivity index (χ0) is 21.9. The minimum absolute atomic E-state index is 0.0690. The number of amides is 1. The lowest BCUT2D eigenvalue weighted by Gasteiger charge is -2.18. The van der Waals surface area contributed by atoms with Gasteiger partial charge in [0.05, 0.1) is 21.3 Å². The Bertz CT molecular complexity index is 1010. The van der Waals surface area contributed by atoms with E-state index in [1.807, 2.05) is 12.1 Å². The molecule has 0 saturated heterocycles. The lowest BCUT2D eigenvalue weighted by Crippen LogP contribution is -2.13. The Morgan fingerprint density at radius 1 is 0.967 bits per heavy atom. The van der Waals surface area contributed by atoms with Crippen molar-refractivity contribution in [3.05, 3.63) is 47.5 Å². The van der Waals surface area contributed by atoms with Crippen molar-refractivity contribution in [1.82, 2.24) is 15.2 Å². The van der Waals surface area contributed by atoms with Gasteiger partial charge in [0.2, 0.25) is 11.7 Å². The van der Waals surface area contributed by atoms with Gasteiger partial charge in [-0.1, -0.05) is 45.0 Å². The van der Waals surface area contributed by atoms with Gasteiger partial charge in [-0.05, 0) is 23.1 Å². The standard InChI is InChI=1S/C22H26N4O4/c1-22(2,3)15-9-7-13(8-10-15)19-23-21(26-25-19)24-20(27)14-11-16(28-4)18(30-6)17(12-14)29-5/h7-12H,1-6H3,(H2,23,24,25,26,27). The SMILES string of the molecule is COc1cc(C(=O)Nc2n[nH]c(-c3ccc(C(C)(C)C)cc3)n2)cc(OC)c1OC. The smallest absolute Gasteiger partial charge is 0.258 e. The number of carbonyl (C=O) groups excluding carboxylic acids is 1. The minimum Gasteiger partial charge on any atom is -0.493 e. The van der Waals surface area contributed by atoms with Gasteiger partial charge < -0.3 is 14.2 Å². The fraction of sp³-hybridized carbons (Fsp3) is 0.318. The van der Waals surface area contributed by atoms with Crippen LogP contribution in [0.2, 0.25) is 0 Å². The summed E-state index contributed by atoms with van der Waals surface area (Å²) < 4.78 is 15.9. The predicted molar refractivity (Wildman–Crippen MR) is 115 cm³/mol. The molecule has 0 unspecified atom stereocenters. The molecule has 0 bridgehead atoms.